The van der Waals surface area contributed by atoms with Crippen LogP contribution < -0.4 is 10.5 Å². The van der Waals surface area contributed by atoms with Gasteiger partial charge in [-0.3, -0.25) is 0 Å². The van der Waals surface area contributed by atoms with Gasteiger partial charge in [-0.05, 0) is 20.3 Å². The molecule has 0 fully saturated rings. The Morgan fingerprint density at radius 1 is 1.38 bits per heavy atom. The number of ether oxygens (including phenoxy) is 1. The second-order valence-corrected chi connectivity index (χ2v) is 3.98. The van der Waals surface area contributed by atoms with Crippen molar-refractivity contribution >= 4 is 0 Å². The number of hydrogen-bond donors (Lipinski definition) is 1. The van der Waals surface area contributed by atoms with Gasteiger partial charge < -0.3 is 10.5 Å². The monoisotopic (exact) mass is 223 g/mol. The summed E-state index contributed by atoms with van der Waals surface area (Å²) in [6.07, 6.45) is 2.49. The first-order chi connectivity index (χ1) is 7.61. The molecule has 0 spiro atoms. The predicted octanol–water partition coefficient (Wildman–Crippen LogP) is 2.02. The molecule has 2 atom stereocenters. The molecule has 2 N–H and O–H groups in total. The number of aromatic nitrogens is 2. The van der Waals surface area contributed by atoms with Gasteiger partial charge in [0.2, 0.25) is 5.88 Å². The number of hydrogen-bond acceptors (Lipinski definition) is 4. The zero-order chi connectivity index (χ0) is 12.1. The van der Waals surface area contributed by atoms with Crippen molar-refractivity contribution in [2.75, 3.05) is 6.61 Å². The molecule has 90 valence electrons. The molecular weight excluding hydrogens is 202 g/mol. The molecule has 4 heteroatoms. The normalized spacial score (nSPS) is 14.6. The van der Waals surface area contributed by atoms with E-state index < -0.39 is 0 Å². The van der Waals surface area contributed by atoms with Crippen LogP contribution in [-0.2, 0) is 0 Å². The van der Waals surface area contributed by atoms with Crippen molar-refractivity contribution in [1.82, 2.24) is 9.97 Å². The molecule has 2 unspecified atom stereocenters. The molecule has 0 aromatic carbocycles. The summed E-state index contributed by atoms with van der Waals surface area (Å²) in [5.41, 5.74) is 8.03. The summed E-state index contributed by atoms with van der Waals surface area (Å²) in [6.45, 7) is 8.73. The van der Waals surface area contributed by atoms with Crippen LogP contribution in [0.15, 0.2) is 6.33 Å². The highest BCUT2D eigenvalue weighted by Gasteiger charge is 2.19. The van der Waals surface area contributed by atoms with E-state index >= 15 is 0 Å². The maximum Gasteiger partial charge on any atom is 0.219 e. The zero-order valence-corrected chi connectivity index (χ0v) is 10.5. The Balaban J connectivity index is 3.00. The molecule has 0 radical (unpaired) electrons. The Morgan fingerprint density at radius 2 is 2.06 bits per heavy atom. The Labute approximate surface area is 97.2 Å². The van der Waals surface area contributed by atoms with Crippen LogP contribution in [0.3, 0.4) is 0 Å². The average molecular weight is 223 g/mol. The SMILES string of the molecule is CCOc1ncnc(C(C)C(N)CC)c1C. The van der Waals surface area contributed by atoms with Gasteiger partial charge in [-0.2, -0.15) is 0 Å². The topological polar surface area (TPSA) is 61.0 Å². The van der Waals surface area contributed by atoms with Gasteiger partial charge in [0, 0.05) is 17.5 Å². The fraction of sp³-hybridized carbons (Fsp3) is 0.667. The third-order valence-electron chi connectivity index (χ3n) is 2.90. The summed E-state index contributed by atoms with van der Waals surface area (Å²) in [5.74, 6) is 0.898. The molecule has 0 aliphatic rings. The molecule has 1 rings (SSSR count). The summed E-state index contributed by atoms with van der Waals surface area (Å²) >= 11 is 0. The average Bonchev–Trinajstić information content (AvgIpc) is 2.30. The minimum Gasteiger partial charge on any atom is -0.478 e. The largest absolute Gasteiger partial charge is 0.478 e. The van der Waals surface area contributed by atoms with E-state index in [9.17, 15) is 0 Å². The van der Waals surface area contributed by atoms with E-state index in [1.54, 1.807) is 6.33 Å². The van der Waals surface area contributed by atoms with E-state index in [1.165, 1.54) is 0 Å². The zero-order valence-electron chi connectivity index (χ0n) is 10.5. The molecule has 16 heavy (non-hydrogen) atoms. The van der Waals surface area contributed by atoms with Crippen LogP contribution in [0.5, 0.6) is 5.88 Å². The summed E-state index contributed by atoms with van der Waals surface area (Å²) in [4.78, 5) is 8.44. The molecule has 0 bridgehead atoms. The standard InChI is InChI=1S/C12H21N3O/c1-5-10(13)8(3)11-9(4)12(16-6-2)15-7-14-11/h7-8,10H,5-6,13H2,1-4H3. The maximum atomic E-state index is 6.04. The fourth-order valence-electron chi connectivity index (χ4n) is 1.74. The lowest BCUT2D eigenvalue weighted by atomic mass is 9.94. The minimum absolute atomic E-state index is 0.128. The number of nitrogens with two attached hydrogens (primary N) is 1. The molecule has 0 aliphatic carbocycles. The highest BCUT2D eigenvalue weighted by atomic mass is 16.5. The van der Waals surface area contributed by atoms with E-state index in [2.05, 4.69) is 23.8 Å². The van der Waals surface area contributed by atoms with Crippen LogP contribution in [0.1, 0.15) is 44.4 Å². The van der Waals surface area contributed by atoms with Crippen molar-refractivity contribution in [3.8, 4) is 5.88 Å². The Morgan fingerprint density at radius 3 is 2.62 bits per heavy atom. The fourth-order valence-corrected chi connectivity index (χ4v) is 1.74. The van der Waals surface area contributed by atoms with Crippen molar-refractivity contribution in [2.24, 2.45) is 5.73 Å². The highest BCUT2D eigenvalue weighted by Crippen LogP contribution is 2.25. The second kappa shape index (κ2) is 5.80. The first-order valence-electron chi connectivity index (χ1n) is 5.81. The van der Waals surface area contributed by atoms with E-state index in [-0.39, 0.29) is 12.0 Å². The van der Waals surface area contributed by atoms with Gasteiger partial charge in [-0.25, -0.2) is 9.97 Å². The van der Waals surface area contributed by atoms with Gasteiger partial charge >= 0.3 is 0 Å². The number of nitrogens with zero attached hydrogens (tertiary/aromatic N) is 2. The Bertz CT molecular complexity index is 341. The van der Waals surface area contributed by atoms with Crippen LogP contribution in [0.2, 0.25) is 0 Å². The lowest BCUT2D eigenvalue weighted by Crippen LogP contribution is -2.27. The summed E-state index contributed by atoms with van der Waals surface area (Å²) < 4.78 is 5.45. The van der Waals surface area contributed by atoms with Crippen LogP contribution in [-0.4, -0.2) is 22.6 Å². The van der Waals surface area contributed by atoms with Gasteiger partial charge in [-0.1, -0.05) is 13.8 Å². The van der Waals surface area contributed by atoms with Gasteiger partial charge in [0.15, 0.2) is 0 Å². The molecule has 0 saturated heterocycles. The highest BCUT2D eigenvalue weighted by molar-refractivity contribution is 5.30. The first-order valence-corrected chi connectivity index (χ1v) is 5.81. The summed E-state index contributed by atoms with van der Waals surface area (Å²) in [7, 11) is 0. The van der Waals surface area contributed by atoms with Crippen molar-refractivity contribution in [1.29, 1.82) is 0 Å². The molecule has 0 amide bonds. The molecule has 1 aromatic rings. The first kappa shape index (κ1) is 12.9. The molecule has 4 nitrogen and oxygen atoms in total. The predicted molar refractivity (Wildman–Crippen MR) is 64.6 cm³/mol. The minimum atomic E-state index is 0.128. The van der Waals surface area contributed by atoms with Crippen molar-refractivity contribution in [3.05, 3.63) is 17.6 Å². The Kier molecular flexibility index (Phi) is 4.68. The third-order valence-corrected chi connectivity index (χ3v) is 2.90. The Hall–Kier alpha value is -1.16. The molecule has 0 saturated carbocycles. The van der Waals surface area contributed by atoms with Crippen LogP contribution >= 0.6 is 0 Å². The summed E-state index contributed by atoms with van der Waals surface area (Å²) in [6, 6.07) is 0.128. The maximum absolute atomic E-state index is 6.04. The lowest BCUT2D eigenvalue weighted by molar-refractivity contribution is 0.322. The smallest absolute Gasteiger partial charge is 0.219 e. The van der Waals surface area contributed by atoms with Gasteiger partial charge in [-0.15, -0.1) is 0 Å². The van der Waals surface area contributed by atoms with Crippen LogP contribution in [0.4, 0.5) is 0 Å². The van der Waals surface area contributed by atoms with Gasteiger partial charge in [0.05, 0.1) is 12.3 Å². The van der Waals surface area contributed by atoms with Gasteiger partial charge in [0.1, 0.15) is 6.33 Å². The lowest BCUT2D eigenvalue weighted by Gasteiger charge is -2.20. The third kappa shape index (κ3) is 2.70. The van der Waals surface area contributed by atoms with Gasteiger partial charge in [0.25, 0.3) is 0 Å². The molecule has 1 heterocycles. The molecular formula is C12H21N3O. The van der Waals surface area contributed by atoms with Crippen LogP contribution in [0.25, 0.3) is 0 Å². The second-order valence-electron chi connectivity index (χ2n) is 3.98. The van der Waals surface area contributed by atoms with Crippen molar-refractivity contribution < 1.29 is 4.74 Å². The van der Waals surface area contributed by atoms with Crippen molar-refractivity contribution in [3.63, 3.8) is 0 Å². The van der Waals surface area contributed by atoms with E-state index in [4.69, 9.17) is 10.5 Å². The summed E-state index contributed by atoms with van der Waals surface area (Å²) in [5, 5.41) is 0. The number of rotatable bonds is 5. The van der Waals surface area contributed by atoms with E-state index in [0.717, 1.165) is 17.7 Å². The quantitative estimate of drug-likeness (QED) is 0.829. The van der Waals surface area contributed by atoms with Crippen LogP contribution in [0, 0.1) is 6.92 Å². The molecule has 1 aromatic heterocycles. The van der Waals surface area contributed by atoms with E-state index in [0.29, 0.717) is 12.5 Å². The van der Waals surface area contributed by atoms with Crippen molar-refractivity contribution in [2.45, 2.75) is 46.1 Å². The molecule has 0 aliphatic heterocycles. The van der Waals surface area contributed by atoms with E-state index in [1.807, 2.05) is 13.8 Å².